The van der Waals surface area contributed by atoms with Gasteiger partial charge in [0, 0.05) is 12.2 Å². The molecule has 4 aromatic rings. The molecule has 0 radical (unpaired) electrons. The lowest BCUT2D eigenvalue weighted by Crippen LogP contribution is -2.37. The van der Waals surface area contributed by atoms with Crippen LogP contribution in [0.3, 0.4) is 0 Å². The summed E-state index contributed by atoms with van der Waals surface area (Å²) >= 11 is 1.58. The van der Waals surface area contributed by atoms with Gasteiger partial charge in [0.25, 0.3) is 5.91 Å². The second-order valence-electron chi connectivity index (χ2n) is 8.01. The lowest BCUT2D eigenvalue weighted by Gasteiger charge is -2.23. The van der Waals surface area contributed by atoms with Crippen molar-refractivity contribution in [2.75, 3.05) is 18.1 Å². The van der Waals surface area contributed by atoms with E-state index in [0.29, 0.717) is 12.1 Å². The Labute approximate surface area is 180 Å². The molecule has 1 aromatic heterocycles. The van der Waals surface area contributed by atoms with Crippen LogP contribution < -0.4 is 4.90 Å². The molecule has 3 aromatic carbocycles. The maximum absolute atomic E-state index is 13.6. The molecular formula is C25H24N2O2S. The molecule has 1 saturated heterocycles. The molecule has 1 unspecified atom stereocenters. The van der Waals surface area contributed by atoms with Crippen molar-refractivity contribution >= 4 is 43.4 Å². The summed E-state index contributed by atoms with van der Waals surface area (Å²) < 4.78 is 6.96. The fourth-order valence-corrected chi connectivity index (χ4v) is 5.05. The number of benzene rings is 3. The lowest BCUT2D eigenvalue weighted by molar-refractivity contribution is 0.0917. The van der Waals surface area contributed by atoms with Gasteiger partial charge in [-0.25, -0.2) is 4.98 Å². The molecule has 0 spiro atoms. The molecule has 5 rings (SSSR count). The number of carbonyl (C=O) groups is 1. The first-order chi connectivity index (χ1) is 14.6. The van der Waals surface area contributed by atoms with Crippen molar-refractivity contribution in [2.24, 2.45) is 0 Å². The summed E-state index contributed by atoms with van der Waals surface area (Å²) in [6.45, 7) is 5.50. The fourth-order valence-electron chi connectivity index (χ4n) is 4.00. The van der Waals surface area contributed by atoms with Gasteiger partial charge in [-0.1, -0.05) is 41.7 Å². The number of aryl methyl sites for hydroxylation is 2. The largest absolute Gasteiger partial charge is 0.376 e. The normalized spacial score (nSPS) is 16.4. The molecule has 30 heavy (non-hydrogen) atoms. The Hall–Kier alpha value is -2.76. The summed E-state index contributed by atoms with van der Waals surface area (Å²) in [4.78, 5) is 20.3. The fraction of sp³-hybridized carbons (Fsp3) is 0.280. The van der Waals surface area contributed by atoms with Crippen molar-refractivity contribution in [3.8, 4) is 0 Å². The Morgan fingerprint density at radius 1 is 1.10 bits per heavy atom. The predicted octanol–water partition coefficient (Wildman–Crippen LogP) is 5.89. The van der Waals surface area contributed by atoms with Gasteiger partial charge >= 0.3 is 0 Å². The number of hydrogen-bond acceptors (Lipinski definition) is 4. The Bertz CT molecular complexity index is 1200. The van der Waals surface area contributed by atoms with Crippen molar-refractivity contribution in [2.45, 2.75) is 32.8 Å². The number of thiazole rings is 1. The minimum absolute atomic E-state index is 0.0243. The molecule has 4 nitrogen and oxygen atoms in total. The highest BCUT2D eigenvalue weighted by Crippen LogP contribution is 2.32. The first-order valence-electron chi connectivity index (χ1n) is 10.4. The van der Waals surface area contributed by atoms with Gasteiger partial charge in [-0.3, -0.25) is 9.69 Å². The number of amides is 1. The summed E-state index contributed by atoms with van der Waals surface area (Å²) in [5.74, 6) is -0.0243. The Balaban J connectivity index is 1.56. The summed E-state index contributed by atoms with van der Waals surface area (Å²) in [6.07, 6.45) is 2.08. The van der Waals surface area contributed by atoms with Crippen LogP contribution in [0.15, 0.2) is 54.6 Å². The van der Waals surface area contributed by atoms with E-state index < -0.39 is 0 Å². The topological polar surface area (TPSA) is 42.4 Å². The monoisotopic (exact) mass is 416 g/mol. The van der Waals surface area contributed by atoms with Crippen LogP contribution in [0, 0.1) is 13.8 Å². The third kappa shape index (κ3) is 3.59. The molecule has 1 aliphatic heterocycles. The quantitative estimate of drug-likeness (QED) is 0.416. The van der Waals surface area contributed by atoms with Crippen molar-refractivity contribution in [1.29, 1.82) is 0 Å². The van der Waals surface area contributed by atoms with Crippen LogP contribution >= 0.6 is 11.3 Å². The molecule has 1 aliphatic rings. The first-order valence-corrected chi connectivity index (χ1v) is 11.2. The van der Waals surface area contributed by atoms with Gasteiger partial charge in [-0.15, -0.1) is 0 Å². The highest BCUT2D eigenvalue weighted by atomic mass is 32.1. The van der Waals surface area contributed by atoms with E-state index in [2.05, 4.69) is 32.0 Å². The highest BCUT2D eigenvalue weighted by Gasteiger charge is 2.27. The number of fused-ring (bicyclic) bond motifs is 2. The van der Waals surface area contributed by atoms with Gasteiger partial charge < -0.3 is 4.74 Å². The number of nitrogens with zero attached hydrogens (tertiary/aromatic N) is 2. The van der Waals surface area contributed by atoms with E-state index in [1.54, 1.807) is 11.3 Å². The van der Waals surface area contributed by atoms with Crippen LogP contribution in [0.25, 0.3) is 21.0 Å². The number of hydrogen-bond donors (Lipinski definition) is 0. The average Bonchev–Trinajstić information content (AvgIpc) is 3.41. The zero-order valence-electron chi connectivity index (χ0n) is 17.2. The van der Waals surface area contributed by atoms with Gasteiger partial charge in [0.15, 0.2) is 5.13 Å². The molecule has 0 saturated carbocycles. The van der Waals surface area contributed by atoms with E-state index >= 15 is 0 Å². The minimum atomic E-state index is -0.0243. The van der Waals surface area contributed by atoms with Gasteiger partial charge in [-0.05, 0) is 72.9 Å². The van der Waals surface area contributed by atoms with Gasteiger partial charge in [0.2, 0.25) is 0 Å². The summed E-state index contributed by atoms with van der Waals surface area (Å²) in [5.41, 5.74) is 4.08. The highest BCUT2D eigenvalue weighted by molar-refractivity contribution is 7.22. The predicted molar refractivity (Wildman–Crippen MR) is 124 cm³/mol. The van der Waals surface area contributed by atoms with E-state index in [0.717, 1.165) is 45.6 Å². The van der Waals surface area contributed by atoms with Crippen LogP contribution in [0.5, 0.6) is 0 Å². The number of anilines is 1. The SMILES string of the molecule is Cc1cc2nc(N(CC3CCCO3)C(=O)c3ccc4ccccc4c3)sc2cc1C. The maximum Gasteiger partial charge on any atom is 0.260 e. The van der Waals surface area contributed by atoms with Crippen LogP contribution in [0.1, 0.15) is 34.3 Å². The summed E-state index contributed by atoms with van der Waals surface area (Å²) in [7, 11) is 0. The molecule has 5 heteroatoms. The second kappa shape index (κ2) is 7.82. The van der Waals surface area contributed by atoms with E-state index in [4.69, 9.17) is 9.72 Å². The van der Waals surface area contributed by atoms with Crippen LogP contribution in [0.4, 0.5) is 5.13 Å². The van der Waals surface area contributed by atoms with E-state index in [1.807, 2.05) is 41.3 Å². The van der Waals surface area contributed by atoms with Crippen LogP contribution in [0.2, 0.25) is 0 Å². The van der Waals surface area contributed by atoms with E-state index in [-0.39, 0.29) is 12.0 Å². The Morgan fingerprint density at radius 2 is 1.90 bits per heavy atom. The van der Waals surface area contributed by atoms with Crippen LogP contribution in [-0.2, 0) is 4.74 Å². The number of carbonyl (C=O) groups excluding carboxylic acids is 1. The smallest absolute Gasteiger partial charge is 0.260 e. The van der Waals surface area contributed by atoms with Crippen molar-refractivity contribution in [3.05, 3.63) is 71.3 Å². The average molecular weight is 417 g/mol. The molecule has 0 N–H and O–H groups in total. The summed E-state index contributed by atoms with van der Waals surface area (Å²) in [5, 5.41) is 2.94. The lowest BCUT2D eigenvalue weighted by atomic mass is 10.1. The van der Waals surface area contributed by atoms with Gasteiger partial charge in [0.05, 0.1) is 22.9 Å². The number of rotatable bonds is 4. The van der Waals surface area contributed by atoms with Crippen molar-refractivity contribution in [1.82, 2.24) is 4.98 Å². The molecule has 1 fully saturated rings. The first kappa shape index (κ1) is 19.2. The zero-order chi connectivity index (χ0) is 20.7. The zero-order valence-corrected chi connectivity index (χ0v) is 18.0. The van der Waals surface area contributed by atoms with E-state index in [1.165, 1.54) is 11.1 Å². The third-order valence-corrected chi connectivity index (χ3v) is 6.92. The van der Waals surface area contributed by atoms with Gasteiger partial charge in [-0.2, -0.15) is 0 Å². The molecule has 1 amide bonds. The molecule has 2 heterocycles. The summed E-state index contributed by atoms with van der Waals surface area (Å²) in [6, 6.07) is 18.3. The van der Waals surface area contributed by atoms with Crippen molar-refractivity contribution < 1.29 is 9.53 Å². The van der Waals surface area contributed by atoms with Crippen molar-refractivity contribution in [3.63, 3.8) is 0 Å². The second-order valence-corrected chi connectivity index (χ2v) is 9.02. The Morgan fingerprint density at radius 3 is 2.70 bits per heavy atom. The Kier molecular flexibility index (Phi) is 5.01. The maximum atomic E-state index is 13.6. The molecule has 152 valence electrons. The third-order valence-electron chi connectivity index (χ3n) is 5.88. The number of ether oxygens (including phenoxy) is 1. The molecule has 0 bridgehead atoms. The van der Waals surface area contributed by atoms with Crippen LogP contribution in [-0.4, -0.2) is 30.1 Å². The molecule has 0 aliphatic carbocycles. The van der Waals surface area contributed by atoms with Gasteiger partial charge in [0.1, 0.15) is 0 Å². The molecular weight excluding hydrogens is 392 g/mol. The minimum Gasteiger partial charge on any atom is -0.376 e. The standard InChI is InChI=1S/C25H24N2O2S/c1-16-12-22-23(13-17(16)2)30-25(26-22)27(15-21-8-5-11-29-21)24(28)20-10-9-18-6-3-4-7-19(18)14-20/h3-4,6-7,9-10,12-14,21H,5,8,11,15H2,1-2H3. The number of aromatic nitrogens is 1. The van der Waals surface area contributed by atoms with E-state index in [9.17, 15) is 4.79 Å². The molecule has 1 atom stereocenters.